The summed E-state index contributed by atoms with van der Waals surface area (Å²) < 4.78 is 0.387. The zero-order valence-corrected chi connectivity index (χ0v) is 10.1. The first-order valence-corrected chi connectivity index (χ1v) is 6.89. The largest absolute Gasteiger partial charge is 0.777 e. The summed E-state index contributed by atoms with van der Waals surface area (Å²) in [4.78, 5) is 2.59. The molecular formula is C12H14NS2-. The van der Waals surface area contributed by atoms with Crippen molar-refractivity contribution < 1.29 is 0 Å². The average molecular weight is 236 g/mol. The second-order valence-corrected chi connectivity index (χ2v) is 6.25. The van der Waals surface area contributed by atoms with Gasteiger partial charge in [-0.1, -0.05) is 34.9 Å². The van der Waals surface area contributed by atoms with E-state index in [2.05, 4.69) is 35.2 Å². The number of rotatable bonds is 1. The van der Waals surface area contributed by atoms with Crippen LogP contribution in [-0.2, 0) is 12.6 Å². The van der Waals surface area contributed by atoms with E-state index in [1.165, 1.54) is 24.9 Å². The van der Waals surface area contributed by atoms with E-state index in [0.717, 1.165) is 0 Å². The highest BCUT2D eigenvalue weighted by atomic mass is 32.2. The first-order valence-electron chi connectivity index (χ1n) is 5.48. The molecule has 0 aliphatic carbocycles. The molecule has 0 radical (unpaired) electrons. The molecule has 0 spiro atoms. The molecule has 1 aromatic carbocycles. The Hall–Kier alpha value is -0.120. The lowest BCUT2D eigenvalue weighted by atomic mass is 10.2. The summed E-state index contributed by atoms with van der Waals surface area (Å²) >= 11 is 7.49. The predicted molar refractivity (Wildman–Crippen MR) is 67.7 cm³/mol. The first-order chi connectivity index (χ1) is 7.36. The Labute approximate surface area is 101 Å². The number of hydrogen-bond acceptors (Lipinski definition) is 3. The van der Waals surface area contributed by atoms with E-state index in [1.54, 1.807) is 0 Å². The third-order valence-electron chi connectivity index (χ3n) is 3.31. The highest BCUT2D eigenvalue weighted by molar-refractivity contribution is 8.06. The van der Waals surface area contributed by atoms with Gasteiger partial charge in [-0.2, -0.15) is 11.8 Å². The van der Waals surface area contributed by atoms with Gasteiger partial charge in [0.25, 0.3) is 0 Å². The Bertz CT molecular complexity index is 341. The van der Waals surface area contributed by atoms with Gasteiger partial charge in [0.05, 0.1) is 5.37 Å². The van der Waals surface area contributed by atoms with E-state index in [0.29, 0.717) is 16.0 Å². The Balaban J connectivity index is 1.88. The third kappa shape index (κ3) is 1.71. The van der Waals surface area contributed by atoms with Crippen LogP contribution < -0.4 is 0 Å². The molecule has 3 atom stereocenters. The van der Waals surface area contributed by atoms with Gasteiger partial charge in [0.2, 0.25) is 0 Å². The molecule has 2 aliphatic heterocycles. The van der Waals surface area contributed by atoms with E-state index in [9.17, 15) is 0 Å². The number of thioether (sulfide) groups is 1. The van der Waals surface area contributed by atoms with E-state index < -0.39 is 0 Å². The van der Waals surface area contributed by atoms with Crippen molar-refractivity contribution in [1.29, 1.82) is 0 Å². The second-order valence-electron chi connectivity index (χ2n) is 4.21. The fraction of sp³-hybridized carbons (Fsp3) is 0.500. The third-order valence-corrected chi connectivity index (χ3v) is 5.34. The minimum Gasteiger partial charge on any atom is -0.777 e. The van der Waals surface area contributed by atoms with Gasteiger partial charge in [0, 0.05) is 6.04 Å². The van der Waals surface area contributed by atoms with Gasteiger partial charge in [-0.05, 0) is 24.9 Å². The molecule has 1 nitrogen and oxygen atoms in total. The van der Waals surface area contributed by atoms with Crippen molar-refractivity contribution in [1.82, 2.24) is 4.90 Å². The molecular weight excluding hydrogens is 222 g/mol. The monoisotopic (exact) mass is 236 g/mol. The molecule has 3 unspecified atom stereocenters. The summed E-state index contributed by atoms with van der Waals surface area (Å²) in [5.41, 5.74) is 1.42. The van der Waals surface area contributed by atoms with Gasteiger partial charge in [0.1, 0.15) is 0 Å². The molecule has 2 saturated heterocycles. The van der Waals surface area contributed by atoms with Crippen molar-refractivity contribution in [2.45, 2.75) is 28.8 Å². The fourth-order valence-corrected chi connectivity index (χ4v) is 4.65. The summed E-state index contributed by atoms with van der Waals surface area (Å²) in [6.45, 7) is 1.23. The smallest absolute Gasteiger partial charge is 0.0800 e. The SMILES string of the molecule is [S-]C1SC(c2ccccc2)N2CCCC12. The molecule has 2 aliphatic rings. The molecule has 1 aromatic rings. The van der Waals surface area contributed by atoms with Crippen LogP contribution >= 0.6 is 11.8 Å². The second kappa shape index (κ2) is 4.04. The van der Waals surface area contributed by atoms with Crippen LogP contribution in [0.3, 0.4) is 0 Å². The molecule has 2 heterocycles. The van der Waals surface area contributed by atoms with Crippen molar-refractivity contribution in [2.24, 2.45) is 0 Å². The topological polar surface area (TPSA) is 3.24 Å². The van der Waals surface area contributed by atoms with Gasteiger partial charge < -0.3 is 12.6 Å². The standard InChI is InChI=1S/C12H15NS2/c14-12-10-7-4-8-13(10)11(15-12)9-5-2-1-3-6-9/h1-3,5-6,10-12,14H,4,7-8H2/p-1. The van der Waals surface area contributed by atoms with Crippen molar-refractivity contribution in [3.05, 3.63) is 35.9 Å². The van der Waals surface area contributed by atoms with Gasteiger partial charge in [0.15, 0.2) is 0 Å². The van der Waals surface area contributed by atoms with Crippen molar-refractivity contribution >= 4 is 24.4 Å². The Morgan fingerprint density at radius 1 is 1.27 bits per heavy atom. The molecule has 15 heavy (non-hydrogen) atoms. The maximum atomic E-state index is 5.54. The van der Waals surface area contributed by atoms with Crippen LogP contribution in [0, 0.1) is 0 Å². The molecule has 0 saturated carbocycles. The van der Waals surface area contributed by atoms with Crippen LogP contribution in [0.25, 0.3) is 0 Å². The summed E-state index contributed by atoms with van der Waals surface area (Å²) in [5.74, 6) is 0. The molecule has 2 fully saturated rings. The first kappa shape index (κ1) is 10.1. The maximum Gasteiger partial charge on any atom is 0.0800 e. The van der Waals surface area contributed by atoms with E-state index in [-0.39, 0.29) is 0 Å². The van der Waals surface area contributed by atoms with Crippen LogP contribution in [0.4, 0.5) is 0 Å². The van der Waals surface area contributed by atoms with Crippen LogP contribution in [0.15, 0.2) is 30.3 Å². The molecule has 0 amide bonds. The minimum atomic E-state index is 0.387. The highest BCUT2D eigenvalue weighted by Crippen LogP contribution is 2.48. The van der Waals surface area contributed by atoms with Crippen molar-refractivity contribution in [2.75, 3.05) is 6.54 Å². The van der Waals surface area contributed by atoms with E-state index in [4.69, 9.17) is 12.6 Å². The van der Waals surface area contributed by atoms with Crippen LogP contribution in [0.2, 0.25) is 0 Å². The van der Waals surface area contributed by atoms with E-state index in [1.807, 2.05) is 11.8 Å². The maximum absolute atomic E-state index is 5.54. The summed E-state index contributed by atoms with van der Waals surface area (Å²) in [7, 11) is 0. The number of hydrogen-bond donors (Lipinski definition) is 0. The van der Waals surface area contributed by atoms with Crippen molar-refractivity contribution in [3.63, 3.8) is 0 Å². The van der Waals surface area contributed by atoms with Gasteiger partial charge in [-0.3, -0.25) is 4.90 Å². The minimum absolute atomic E-state index is 0.387. The molecule has 3 heteroatoms. The molecule has 0 aromatic heterocycles. The molecule has 80 valence electrons. The molecule has 0 bridgehead atoms. The normalized spacial score (nSPS) is 35.7. The van der Waals surface area contributed by atoms with Crippen LogP contribution in [-0.4, -0.2) is 22.1 Å². The quantitative estimate of drug-likeness (QED) is 0.690. The van der Waals surface area contributed by atoms with E-state index >= 15 is 0 Å². The van der Waals surface area contributed by atoms with Gasteiger partial charge >= 0.3 is 0 Å². The number of fused-ring (bicyclic) bond motifs is 1. The lowest BCUT2D eigenvalue weighted by Gasteiger charge is -2.24. The number of benzene rings is 1. The lowest BCUT2D eigenvalue weighted by Crippen LogP contribution is -2.29. The Morgan fingerprint density at radius 2 is 2.07 bits per heavy atom. The highest BCUT2D eigenvalue weighted by Gasteiger charge is 2.39. The summed E-state index contributed by atoms with van der Waals surface area (Å²) in [6, 6.07) is 11.4. The predicted octanol–water partition coefficient (Wildman–Crippen LogP) is 2.77. The number of nitrogens with zero attached hydrogens (tertiary/aromatic N) is 1. The fourth-order valence-electron chi connectivity index (χ4n) is 2.58. The summed E-state index contributed by atoms with van der Waals surface area (Å²) in [6.07, 6.45) is 2.62. The Morgan fingerprint density at radius 3 is 2.87 bits per heavy atom. The zero-order valence-electron chi connectivity index (χ0n) is 8.50. The average Bonchev–Trinajstić information content (AvgIpc) is 2.84. The van der Waals surface area contributed by atoms with Crippen LogP contribution in [0.5, 0.6) is 0 Å². The van der Waals surface area contributed by atoms with Crippen LogP contribution in [0.1, 0.15) is 23.8 Å². The molecule has 3 rings (SSSR count). The van der Waals surface area contributed by atoms with Crippen molar-refractivity contribution in [3.8, 4) is 0 Å². The van der Waals surface area contributed by atoms with Gasteiger partial charge in [-0.15, -0.1) is 0 Å². The zero-order chi connectivity index (χ0) is 10.3. The Kier molecular flexibility index (Phi) is 2.71. The summed E-state index contributed by atoms with van der Waals surface area (Å²) in [5, 5.41) is 0.515. The lowest BCUT2D eigenvalue weighted by molar-refractivity contribution is 0.271. The van der Waals surface area contributed by atoms with Gasteiger partial charge in [-0.25, -0.2) is 0 Å². The molecule has 0 N–H and O–H groups in total.